The van der Waals surface area contributed by atoms with Crippen LogP contribution in [0.25, 0.3) is 11.1 Å². The third-order valence-electron chi connectivity index (χ3n) is 5.55. The van der Waals surface area contributed by atoms with Crippen LogP contribution in [0.2, 0.25) is 5.02 Å². The van der Waals surface area contributed by atoms with E-state index in [0.29, 0.717) is 21.7 Å². The molecule has 0 aliphatic heterocycles. The van der Waals surface area contributed by atoms with Crippen molar-refractivity contribution in [2.75, 3.05) is 5.32 Å². The Balaban J connectivity index is 1.42. The van der Waals surface area contributed by atoms with E-state index in [2.05, 4.69) is 16.2 Å². The molecule has 0 saturated carbocycles. The predicted octanol–water partition coefficient (Wildman–Crippen LogP) is 5.86. The molecule has 0 radical (unpaired) electrons. The van der Waals surface area contributed by atoms with Crippen molar-refractivity contribution >= 4 is 29.1 Å². The first-order chi connectivity index (χ1) is 16.8. The van der Waals surface area contributed by atoms with Crippen LogP contribution in [-0.4, -0.2) is 16.9 Å². The third-order valence-corrected chi connectivity index (χ3v) is 5.78. The van der Waals surface area contributed by atoms with Gasteiger partial charge < -0.3 is 14.8 Å². The lowest BCUT2D eigenvalue weighted by atomic mass is 10.0. The highest BCUT2D eigenvalue weighted by atomic mass is 35.5. The maximum atomic E-state index is 12.7. The number of aromatic hydroxyl groups is 1. The zero-order chi connectivity index (χ0) is 24.9. The number of furan rings is 1. The first-order valence-corrected chi connectivity index (χ1v) is 11.3. The van der Waals surface area contributed by atoms with Gasteiger partial charge in [0.15, 0.2) is 0 Å². The fourth-order valence-corrected chi connectivity index (χ4v) is 3.80. The zero-order valence-corrected chi connectivity index (χ0v) is 19.9. The molecule has 35 heavy (non-hydrogen) atoms. The van der Waals surface area contributed by atoms with Gasteiger partial charge in [-0.2, -0.15) is 0 Å². The molecule has 178 valence electrons. The molecule has 0 fully saturated rings. The molecular formula is C27H24ClN3O4. The first-order valence-electron chi connectivity index (χ1n) is 10.9. The lowest BCUT2D eigenvalue weighted by Crippen LogP contribution is -2.41. The van der Waals surface area contributed by atoms with Gasteiger partial charge in [0.2, 0.25) is 5.76 Å². The minimum absolute atomic E-state index is 0.0355. The van der Waals surface area contributed by atoms with E-state index in [4.69, 9.17) is 16.0 Å². The number of rotatable bonds is 6. The molecule has 1 atom stereocenters. The molecule has 0 saturated heterocycles. The maximum absolute atomic E-state index is 12.7. The van der Waals surface area contributed by atoms with E-state index in [-0.39, 0.29) is 17.6 Å². The topological polar surface area (TPSA) is 104 Å². The van der Waals surface area contributed by atoms with E-state index in [0.717, 1.165) is 16.8 Å². The quantitative estimate of drug-likeness (QED) is 0.254. The summed E-state index contributed by atoms with van der Waals surface area (Å²) in [7, 11) is 0. The molecule has 0 aliphatic rings. The molecule has 0 aliphatic carbocycles. The summed E-state index contributed by atoms with van der Waals surface area (Å²) in [5.41, 5.74) is 8.96. The summed E-state index contributed by atoms with van der Waals surface area (Å²) in [6.07, 6.45) is 1.42. The second kappa shape index (κ2) is 10.4. The monoisotopic (exact) mass is 489 g/mol. The molecular weight excluding hydrogens is 466 g/mol. The predicted molar refractivity (Wildman–Crippen MR) is 135 cm³/mol. The number of hydrazine groups is 1. The van der Waals surface area contributed by atoms with Crippen LogP contribution in [0.3, 0.4) is 0 Å². The molecule has 1 unspecified atom stereocenters. The smallest absolute Gasteiger partial charge is 0.306 e. The van der Waals surface area contributed by atoms with Crippen LogP contribution in [0.1, 0.15) is 45.0 Å². The minimum Gasteiger partial charge on any atom is -0.508 e. The first kappa shape index (κ1) is 23.9. The number of anilines is 1. The number of amides is 2. The van der Waals surface area contributed by atoms with Crippen molar-refractivity contribution in [3.63, 3.8) is 0 Å². The Labute approximate surface area is 207 Å². The van der Waals surface area contributed by atoms with E-state index in [1.165, 1.54) is 24.5 Å². The average molecular weight is 490 g/mol. The van der Waals surface area contributed by atoms with Gasteiger partial charge in [0, 0.05) is 27.9 Å². The number of nitrogens with one attached hydrogen (secondary N) is 3. The van der Waals surface area contributed by atoms with Crippen LogP contribution < -0.4 is 16.2 Å². The molecule has 0 spiro atoms. The molecule has 0 bridgehead atoms. The summed E-state index contributed by atoms with van der Waals surface area (Å²) >= 11 is 6.06. The third kappa shape index (κ3) is 5.65. The van der Waals surface area contributed by atoms with Gasteiger partial charge in [-0.3, -0.25) is 20.4 Å². The Morgan fingerprint density at radius 2 is 1.69 bits per heavy atom. The van der Waals surface area contributed by atoms with Crippen molar-refractivity contribution in [1.82, 2.24) is 10.9 Å². The Morgan fingerprint density at radius 1 is 0.943 bits per heavy atom. The second-order valence-electron chi connectivity index (χ2n) is 8.07. The molecule has 4 aromatic rings. The number of halogens is 1. The van der Waals surface area contributed by atoms with Crippen molar-refractivity contribution in [3.8, 4) is 16.9 Å². The lowest BCUT2D eigenvalue weighted by Gasteiger charge is -2.16. The summed E-state index contributed by atoms with van der Waals surface area (Å²) in [6.45, 7) is 3.73. The van der Waals surface area contributed by atoms with Crippen LogP contribution in [0.15, 0.2) is 83.5 Å². The maximum Gasteiger partial charge on any atom is 0.306 e. The standard InChI is InChI=1S/C27H24ClN3O4/c1-16-14-20(10-11-24(16)32)26(33)30-31-27(34)25-23(12-13-35-25)19-8-6-18(7-9-19)17(2)29-22-5-3-4-21(28)15-22/h3-15,17,29,32H,1-2H3,(H,30,33)(H,31,34). The number of aryl methyl sites for hydroxylation is 1. The van der Waals surface area contributed by atoms with E-state index in [9.17, 15) is 14.7 Å². The summed E-state index contributed by atoms with van der Waals surface area (Å²) < 4.78 is 5.40. The number of hydrogen-bond donors (Lipinski definition) is 4. The van der Waals surface area contributed by atoms with Crippen molar-refractivity contribution in [2.45, 2.75) is 19.9 Å². The summed E-state index contributed by atoms with van der Waals surface area (Å²) in [6, 6.07) is 21.4. The largest absolute Gasteiger partial charge is 0.508 e. The Morgan fingerprint density at radius 3 is 2.40 bits per heavy atom. The Kier molecular flexibility index (Phi) is 7.08. The molecule has 7 nitrogen and oxygen atoms in total. The molecule has 1 aromatic heterocycles. The van der Waals surface area contributed by atoms with E-state index in [1.807, 2.05) is 55.5 Å². The average Bonchev–Trinajstić information content (AvgIpc) is 3.34. The van der Waals surface area contributed by atoms with Gasteiger partial charge in [0.05, 0.1) is 6.26 Å². The number of carbonyl (C=O) groups is 2. The zero-order valence-electron chi connectivity index (χ0n) is 19.1. The fourth-order valence-electron chi connectivity index (χ4n) is 3.61. The molecule has 8 heteroatoms. The number of benzene rings is 3. The van der Waals surface area contributed by atoms with Crippen molar-refractivity contribution in [3.05, 3.63) is 107 Å². The van der Waals surface area contributed by atoms with Crippen LogP contribution >= 0.6 is 11.6 Å². The van der Waals surface area contributed by atoms with Crippen molar-refractivity contribution in [2.24, 2.45) is 0 Å². The Bertz CT molecular complexity index is 1370. The van der Waals surface area contributed by atoms with Gasteiger partial charge >= 0.3 is 5.91 Å². The highest BCUT2D eigenvalue weighted by molar-refractivity contribution is 6.30. The van der Waals surface area contributed by atoms with Gasteiger partial charge in [-0.15, -0.1) is 0 Å². The summed E-state index contributed by atoms with van der Waals surface area (Å²) in [4.78, 5) is 25.0. The SMILES string of the molecule is Cc1cc(C(=O)NNC(=O)c2occc2-c2ccc(C(C)Nc3cccc(Cl)c3)cc2)ccc1O. The fraction of sp³-hybridized carbons (Fsp3) is 0.111. The van der Waals surface area contributed by atoms with E-state index in [1.54, 1.807) is 13.0 Å². The number of phenolic OH excluding ortho intramolecular Hbond substituents is 1. The number of hydrogen-bond acceptors (Lipinski definition) is 5. The van der Waals surface area contributed by atoms with Crippen molar-refractivity contribution < 1.29 is 19.1 Å². The molecule has 4 N–H and O–H groups in total. The molecule has 4 rings (SSSR count). The van der Waals surface area contributed by atoms with Gasteiger partial charge in [-0.05, 0) is 73.0 Å². The molecule has 1 heterocycles. The van der Waals surface area contributed by atoms with Gasteiger partial charge in [0.1, 0.15) is 5.75 Å². The van der Waals surface area contributed by atoms with Gasteiger partial charge in [-0.1, -0.05) is 41.9 Å². The minimum atomic E-state index is -0.589. The second-order valence-corrected chi connectivity index (χ2v) is 8.51. The van der Waals surface area contributed by atoms with Gasteiger partial charge in [-0.25, -0.2) is 0 Å². The summed E-state index contributed by atoms with van der Waals surface area (Å²) in [5.74, 6) is -0.939. The highest BCUT2D eigenvalue weighted by Gasteiger charge is 2.18. The van der Waals surface area contributed by atoms with E-state index < -0.39 is 11.8 Å². The lowest BCUT2D eigenvalue weighted by molar-refractivity contribution is 0.0831. The van der Waals surface area contributed by atoms with Gasteiger partial charge in [0.25, 0.3) is 5.91 Å². The summed E-state index contributed by atoms with van der Waals surface area (Å²) in [5, 5.41) is 13.7. The van der Waals surface area contributed by atoms with Crippen LogP contribution in [-0.2, 0) is 0 Å². The highest BCUT2D eigenvalue weighted by Crippen LogP contribution is 2.28. The van der Waals surface area contributed by atoms with Crippen LogP contribution in [0.4, 0.5) is 5.69 Å². The number of phenols is 1. The van der Waals surface area contributed by atoms with Crippen molar-refractivity contribution in [1.29, 1.82) is 0 Å². The van der Waals surface area contributed by atoms with E-state index >= 15 is 0 Å². The number of carbonyl (C=O) groups excluding carboxylic acids is 2. The van der Waals surface area contributed by atoms with Crippen LogP contribution in [0.5, 0.6) is 5.75 Å². The normalized spacial score (nSPS) is 11.5. The molecule has 3 aromatic carbocycles. The van der Waals surface area contributed by atoms with Crippen LogP contribution in [0, 0.1) is 6.92 Å². The Hall–Kier alpha value is -4.23. The molecule has 2 amide bonds.